The van der Waals surface area contributed by atoms with Crippen LogP contribution in [0.5, 0.6) is 0 Å². The van der Waals surface area contributed by atoms with Crippen molar-refractivity contribution in [3.63, 3.8) is 0 Å². The first-order valence-electron chi connectivity index (χ1n) is 5.46. The first kappa shape index (κ1) is 10.8. The molecular weight excluding hydrogens is 210 g/mol. The molecule has 0 aliphatic carbocycles. The van der Waals surface area contributed by atoms with Gasteiger partial charge in [0.2, 0.25) is 0 Å². The maximum atomic E-state index is 9.03. The van der Waals surface area contributed by atoms with Gasteiger partial charge in [0.25, 0.3) is 0 Å². The van der Waals surface area contributed by atoms with Crippen LogP contribution >= 0.6 is 11.6 Å². The Morgan fingerprint density at radius 2 is 2.00 bits per heavy atom. The molecule has 3 heteroatoms. The second kappa shape index (κ2) is 4.86. The zero-order valence-corrected chi connectivity index (χ0v) is 9.50. The molecule has 1 aliphatic heterocycles. The van der Waals surface area contributed by atoms with E-state index in [0.29, 0.717) is 6.42 Å². The Balaban J connectivity index is 2.31. The number of hydrogen-bond acceptors (Lipinski definition) is 2. The topological polar surface area (TPSA) is 23.5 Å². The zero-order chi connectivity index (χ0) is 10.7. The summed E-state index contributed by atoms with van der Waals surface area (Å²) < 4.78 is 0. The van der Waals surface area contributed by atoms with Crippen molar-refractivity contribution in [2.75, 3.05) is 24.6 Å². The van der Waals surface area contributed by atoms with Crippen LogP contribution in [0.4, 0.5) is 5.69 Å². The molecule has 82 valence electrons. The van der Waals surface area contributed by atoms with E-state index in [-0.39, 0.29) is 6.61 Å². The third-order valence-corrected chi connectivity index (χ3v) is 3.26. The number of benzene rings is 1. The predicted octanol–water partition coefficient (Wildman–Crippen LogP) is 2.48. The largest absolute Gasteiger partial charge is 0.396 e. The van der Waals surface area contributed by atoms with E-state index in [4.69, 9.17) is 16.7 Å². The summed E-state index contributed by atoms with van der Waals surface area (Å²) in [6, 6.07) is 5.98. The van der Waals surface area contributed by atoms with E-state index in [1.54, 1.807) is 0 Å². The van der Waals surface area contributed by atoms with Crippen molar-refractivity contribution in [2.24, 2.45) is 0 Å². The molecule has 2 rings (SSSR count). The van der Waals surface area contributed by atoms with Gasteiger partial charge >= 0.3 is 0 Å². The molecule has 1 heterocycles. The summed E-state index contributed by atoms with van der Waals surface area (Å²) >= 11 is 6.15. The van der Waals surface area contributed by atoms with Crippen molar-refractivity contribution in [2.45, 2.75) is 19.3 Å². The fraction of sp³-hybridized carbons (Fsp3) is 0.500. The highest BCUT2D eigenvalue weighted by Crippen LogP contribution is 2.30. The quantitative estimate of drug-likeness (QED) is 0.855. The van der Waals surface area contributed by atoms with Crippen molar-refractivity contribution in [1.82, 2.24) is 0 Å². The van der Waals surface area contributed by atoms with Crippen LogP contribution in [0.1, 0.15) is 18.4 Å². The number of hydrogen-bond donors (Lipinski definition) is 1. The minimum absolute atomic E-state index is 0.157. The van der Waals surface area contributed by atoms with Gasteiger partial charge in [-0.15, -0.1) is 0 Å². The summed E-state index contributed by atoms with van der Waals surface area (Å²) in [4.78, 5) is 2.36. The maximum absolute atomic E-state index is 9.03. The molecule has 1 aromatic rings. The van der Waals surface area contributed by atoms with Gasteiger partial charge in [-0.25, -0.2) is 0 Å². The molecule has 0 aromatic heterocycles. The van der Waals surface area contributed by atoms with Crippen LogP contribution in [-0.2, 0) is 6.42 Å². The highest BCUT2D eigenvalue weighted by atomic mass is 35.5. The van der Waals surface area contributed by atoms with E-state index in [1.165, 1.54) is 18.5 Å². The fourth-order valence-electron chi connectivity index (χ4n) is 2.16. The number of anilines is 1. The van der Waals surface area contributed by atoms with Crippen LogP contribution in [-0.4, -0.2) is 24.8 Å². The monoisotopic (exact) mass is 225 g/mol. The van der Waals surface area contributed by atoms with Crippen LogP contribution in [0.15, 0.2) is 18.2 Å². The average molecular weight is 226 g/mol. The Morgan fingerprint density at radius 1 is 1.27 bits per heavy atom. The van der Waals surface area contributed by atoms with Crippen LogP contribution in [0.2, 0.25) is 5.02 Å². The third-order valence-electron chi connectivity index (χ3n) is 2.90. The minimum Gasteiger partial charge on any atom is -0.396 e. The number of rotatable bonds is 3. The van der Waals surface area contributed by atoms with Gasteiger partial charge in [0, 0.05) is 30.4 Å². The molecule has 0 atom stereocenters. The second-order valence-corrected chi connectivity index (χ2v) is 4.31. The zero-order valence-electron chi connectivity index (χ0n) is 8.75. The molecule has 0 amide bonds. The lowest BCUT2D eigenvalue weighted by molar-refractivity contribution is 0.299. The van der Waals surface area contributed by atoms with Gasteiger partial charge < -0.3 is 10.0 Å². The lowest BCUT2D eigenvalue weighted by Crippen LogP contribution is -2.19. The fourth-order valence-corrected chi connectivity index (χ4v) is 2.42. The summed E-state index contributed by atoms with van der Waals surface area (Å²) in [7, 11) is 0. The third kappa shape index (κ3) is 2.27. The summed E-state index contributed by atoms with van der Waals surface area (Å²) in [5.41, 5.74) is 2.29. The molecular formula is C12H16ClNO. The Morgan fingerprint density at radius 3 is 2.67 bits per heavy atom. The van der Waals surface area contributed by atoms with Gasteiger partial charge in [-0.05, 0) is 37.0 Å². The Labute approximate surface area is 95.5 Å². The Hall–Kier alpha value is -0.730. The minimum atomic E-state index is 0.157. The molecule has 1 saturated heterocycles. The van der Waals surface area contributed by atoms with Gasteiger partial charge in [0.15, 0.2) is 0 Å². The lowest BCUT2D eigenvalue weighted by Gasteiger charge is -2.21. The van der Waals surface area contributed by atoms with Crippen molar-refractivity contribution in [1.29, 1.82) is 0 Å². The summed E-state index contributed by atoms with van der Waals surface area (Å²) in [5, 5.41) is 9.81. The molecule has 0 unspecified atom stereocenters. The summed E-state index contributed by atoms with van der Waals surface area (Å²) in [6.45, 7) is 2.38. The van der Waals surface area contributed by atoms with Crippen molar-refractivity contribution >= 4 is 17.3 Å². The van der Waals surface area contributed by atoms with E-state index in [9.17, 15) is 0 Å². The normalized spacial score (nSPS) is 16.0. The first-order valence-corrected chi connectivity index (χ1v) is 5.84. The Bertz CT molecular complexity index is 334. The molecule has 15 heavy (non-hydrogen) atoms. The molecule has 1 aliphatic rings. The average Bonchev–Trinajstić information content (AvgIpc) is 2.74. The van der Waals surface area contributed by atoms with Gasteiger partial charge in [0.1, 0.15) is 0 Å². The number of aliphatic hydroxyl groups is 1. The van der Waals surface area contributed by atoms with Crippen LogP contribution in [0.25, 0.3) is 0 Å². The van der Waals surface area contributed by atoms with Gasteiger partial charge in [-0.3, -0.25) is 0 Å². The molecule has 0 radical (unpaired) electrons. The van der Waals surface area contributed by atoms with E-state index < -0.39 is 0 Å². The maximum Gasteiger partial charge on any atom is 0.0472 e. The van der Waals surface area contributed by atoms with E-state index >= 15 is 0 Å². The van der Waals surface area contributed by atoms with Crippen molar-refractivity contribution < 1.29 is 5.11 Å². The van der Waals surface area contributed by atoms with Gasteiger partial charge in [-0.2, -0.15) is 0 Å². The smallest absolute Gasteiger partial charge is 0.0472 e. The van der Waals surface area contributed by atoms with E-state index in [1.807, 2.05) is 12.1 Å². The molecule has 2 nitrogen and oxygen atoms in total. The lowest BCUT2D eigenvalue weighted by atomic mass is 10.1. The Kier molecular flexibility index (Phi) is 3.49. The molecule has 0 bridgehead atoms. The molecule has 1 aromatic carbocycles. The number of halogens is 1. The van der Waals surface area contributed by atoms with E-state index in [2.05, 4.69) is 11.0 Å². The molecule has 1 fully saturated rings. The van der Waals surface area contributed by atoms with Gasteiger partial charge in [0.05, 0.1) is 0 Å². The molecule has 0 spiro atoms. The van der Waals surface area contributed by atoms with Gasteiger partial charge in [-0.1, -0.05) is 17.7 Å². The van der Waals surface area contributed by atoms with Crippen molar-refractivity contribution in [3.8, 4) is 0 Å². The summed E-state index contributed by atoms with van der Waals surface area (Å²) in [6.07, 6.45) is 3.15. The van der Waals surface area contributed by atoms with E-state index in [0.717, 1.165) is 23.7 Å². The van der Waals surface area contributed by atoms with Crippen LogP contribution in [0.3, 0.4) is 0 Å². The van der Waals surface area contributed by atoms with Crippen LogP contribution in [0, 0.1) is 0 Å². The first-order chi connectivity index (χ1) is 7.33. The molecule has 1 N–H and O–H groups in total. The number of aliphatic hydroxyl groups excluding tert-OH is 1. The number of nitrogens with zero attached hydrogens (tertiary/aromatic N) is 1. The molecule has 0 saturated carbocycles. The SMILES string of the molecule is OCCc1c(Cl)cccc1N1CCCC1. The highest BCUT2D eigenvalue weighted by Gasteiger charge is 2.16. The predicted molar refractivity (Wildman–Crippen MR) is 63.7 cm³/mol. The second-order valence-electron chi connectivity index (χ2n) is 3.91. The van der Waals surface area contributed by atoms with Crippen LogP contribution < -0.4 is 4.90 Å². The highest BCUT2D eigenvalue weighted by molar-refractivity contribution is 6.31. The summed E-state index contributed by atoms with van der Waals surface area (Å²) in [5.74, 6) is 0. The van der Waals surface area contributed by atoms with Crippen molar-refractivity contribution in [3.05, 3.63) is 28.8 Å². The standard InChI is InChI=1S/C12H16ClNO/c13-11-4-3-5-12(10(11)6-9-15)14-7-1-2-8-14/h3-5,15H,1-2,6-9H2.